The van der Waals surface area contributed by atoms with Gasteiger partial charge in [0.15, 0.2) is 6.10 Å². The van der Waals surface area contributed by atoms with Crippen LogP contribution in [-0.4, -0.2) is 31.7 Å². The van der Waals surface area contributed by atoms with E-state index in [9.17, 15) is 13.2 Å². The molecular weight excluding hydrogens is 548 g/mol. The third-order valence-corrected chi connectivity index (χ3v) is 9.02. The van der Waals surface area contributed by atoms with Crippen LogP contribution in [0.1, 0.15) is 201 Å². The summed E-state index contributed by atoms with van der Waals surface area (Å²) >= 11 is 0. The molecule has 0 aromatic rings. The first kappa shape index (κ1) is 41.3. The van der Waals surface area contributed by atoms with E-state index < -0.39 is 22.5 Å². The van der Waals surface area contributed by atoms with E-state index in [1.54, 1.807) is 0 Å². The van der Waals surface area contributed by atoms with Gasteiger partial charge in [-0.2, -0.15) is 8.42 Å². The van der Waals surface area contributed by atoms with E-state index in [-0.39, 0.29) is 12.5 Å². The summed E-state index contributed by atoms with van der Waals surface area (Å²) in [5.74, 6) is -0.458. The monoisotopic (exact) mass is 618 g/mol. The molecule has 2 atom stereocenters. The highest BCUT2D eigenvalue weighted by atomic mass is 32.3. The van der Waals surface area contributed by atoms with Crippen LogP contribution in [0.2, 0.25) is 0 Å². The second-order valence-electron chi connectivity index (χ2n) is 12.7. The van der Waals surface area contributed by atoms with Gasteiger partial charge in [-0.25, -0.2) is 8.98 Å². The minimum absolute atomic E-state index is 0.285. The Hall–Kier alpha value is -0.660. The van der Waals surface area contributed by atoms with Crippen molar-refractivity contribution in [2.24, 2.45) is 5.92 Å². The van der Waals surface area contributed by atoms with Crippen molar-refractivity contribution in [2.45, 2.75) is 207 Å². The van der Waals surface area contributed by atoms with E-state index in [1.165, 1.54) is 161 Å². The number of rotatable bonds is 33. The maximum atomic E-state index is 12.2. The molecule has 0 saturated heterocycles. The van der Waals surface area contributed by atoms with E-state index >= 15 is 0 Å². The highest BCUT2D eigenvalue weighted by Crippen LogP contribution is 2.21. The first-order valence-electron chi connectivity index (χ1n) is 18.1. The first-order chi connectivity index (χ1) is 20.3. The van der Waals surface area contributed by atoms with Crippen molar-refractivity contribution in [3.63, 3.8) is 0 Å². The van der Waals surface area contributed by atoms with Gasteiger partial charge < -0.3 is 4.74 Å². The van der Waals surface area contributed by atoms with Crippen molar-refractivity contribution in [3.05, 3.63) is 0 Å². The number of carbonyl (C=O) groups is 1. The fourth-order valence-electron chi connectivity index (χ4n) is 5.75. The molecule has 0 heterocycles. The number of hydrogen-bond acceptors (Lipinski definition) is 5. The molecule has 42 heavy (non-hydrogen) atoms. The Kier molecular flexibility index (Phi) is 29.9. The SMILES string of the molecule is CCCCCCCCCCCCCCCCC(CCCCCCCCCCCCCC)COC(=O)C(C)OS(=O)(=O)O. The zero-order chi connectivity index (χ0) is 31.2. The van der Waals surface area contributed by atoms with Crippen LogP contribution in [-0.2, 0) is 24.1 Å². The van der Waals surface area contributed by atoms with Crippen molar-refractivity contribution in [2.75, 3.05) is 6.61 Å². The standard InChI is InChI=1S/C35H70O6S/c1-4-6-8-10-12-14-16-18-19-21-23-25-27-29-31-34(32-40-35(36)33(3)41-42(37,38)39)30-28-26-24-22-20-17-15-13-11-9-7-5-2/h33-34H,4-32H2,1-3H3,(H,37,38,39). The largest absolute Gasteiger partial charge is 0.463 e. The van der Waals surface area contributed by atoms with Crippen molar-refractivity contribution < 1.29 is 26.7 Å². The number of carbonyl (C=O) groups excluding carboxylic acids is 1. The van der Waals surface area contributed by atoms with Gasteiger partial charge in [0, 0.05) is 0 Å². The lowest BCUT2D eigenvalue weighted by atomic mass is 9.94. The van der Waals surface area contributed by atoms with Crippen LogP contribution in [0.15, 0.2) is 0 Å². The Morgan fingerprint density at radius 3 is 1.12 bits per heavy atom. The average Bonchev–Trinajstić information content (AvgIpc) is 2.95. The fraction of sp³-hybridized carbons (Fsp3) is 0.971. The Balaban J connectivity index is 4.10. The van der Waals surface area contributed by atoms with E-state index in [0.29, 0.717) is 0 Å². The van der Waals surface area contributed by atoms with Gasteiger partial charge in [0.1, 0.15) is 0 Å². The molecule has 0 aliphatic rings. The summed E-state index contributed by atoms with van der Waals surface area (Å²) in [6.45, 7) is 6.10. The van der Waals surface area contributed by atoms with Gasteiger partial charge in [0.25, 0.3) is 0 Å². The molecule has 0 rings (SSSR count). The van der Waals surface area contributed by atoms with E-state index in [4.69, 9.17) is 9.29 Å². The van der Waals surface area contributed by atoms with Gasteiger partial charge in [-0.05, 0) is 25.7 Å². The number of esters is 1. The van der Waals surface area contributed by atoms with Crippen LogP contribution >= 0.6 is 0 Å². The summed E-state index contributed by atoms with van der Waals surface area (Å²) in [4.78, 5) is 12.2. The van der Waals surface area contributed by atoms with Gasteiger partial charge in [-0.15, -0.1) is 0 Å². The lowest BCUT2D eigenvalue weighted by molar-refractivity contribution is -0.152. The summed E-state index contributed by atoms with van der Waals surface area (Å²) in [6.07, 6.45) is 35.2. The van der Waals surface area contributed by atoms with Gasteiger partial charge in [0.2, 0.25) is 0 Å². The van der Waals surface area contributed by atoms with E-state index in [0.717, 1.165) is 25.7 Å². The molecule has 0 aromatic carbocycles. The van der Waals surface area contributed by atoms with Crippen LogP contribution in [0.25, 0.3) is 0 Å². The molecule has 252 valence electrons. The quantitative estimate of drug-likeness (QED) is 0.0447. The molecule has 7 heteroatoms. The molecule has 0 amide bonds. The smallest absolute Gasteiger partial charge is 0.398 e. The fourth-order valence-corrected chi connectivity index (χ4v) is 6.19. The molecule has 0 spiro atoms. The summed E-state index contributed by atoms with van der Waals surface area (Å²) in [6, 6.07) is 0. The Morgan fingerprint density at radius 2 is 0.833 bits per heavy atom. The maximum Gasteiger partial charge on any atom is 0.398 e. The molecular formula is C35H70O6S. The zero-order valence-electron chi connectivity index (χ0n) is 28.1. The van der Waals surface area contributed by atoms with Crippen LogP contribution < -0.4 is 0 Å². The minimum Gasteiger partial charge on any atom is -0.463 e. The molecule has 0 aliphatic heterocycles. The molecule has 1 N–H and O–H groups in total. The minimum atomic E-state index is -4.68. The first-order valence-corrected chi connectivity index (χ1v) is 19.5. The molecule has 0 saturated carbocycles. The van der Waals surface area contributed by atoms with Crippen molar-refractivity contribution in [1.82, 2.24) is 0 Å². The normalized spacial score (nSPS) is 13.3. The van der Waals surface area contributed by atoms with Crippen molar-refractivity contribution in [1.29, 1.82) is 0 Å². The van der Waals surface area contributed by atoms with Crippen LogP contribution in [0.4, 0.5) is 0 Å². The third-order valence-electron chi connectivity index (χ3n) is 8.49. The van der Waals surface area contributed by atoms with Crippen molar-refractivity contribution >= 4 is 16.4 Å². The highest BCUT2D eigenvalue weighted by Gasteiger charge is 2.22. The van der Waals surface area contributed by atoms with Gasteiger partial charge in [-0.1, -0.05) is 181 Å². The Labute approximate surface area is 261 Å². The molecule has 0 bridgehead atoms. The Bertz CT molecular complexity index is 681. The molecule has 0 aliphatic carbocycles. The average molecular weight is 619 g/mol. The molecule has 2 unspecified atom stereocenters. The number of ether oxygens (including phenoxy) is 1. The summed E-state index contributed by atoms with van der Waals surface area (Å²) in [5.41, 5.74) is 0. The predicted octanol–water partition coefficient (Wildman–Crippen LogP) is 11.3. The second-order valence-corrected chi connectivity index (χ2v) is 13.8. The van der Waals surface area contributed by atoms with Gasteiger partial charge >= 0.3 is 16.4 Å². The van der Waals surface area contributed by atoms with Crippen LogP contribution in [0, 0.1) is 5.92 Å². The lowest BCUT2D eigenvalue weighted by Gasteiger charge is -2.18. The van der Waals surface area contributed by atoms with Crippen molar-refractivity contribution in [3.8, 4) is 0 Å². The lowest BCUT2D eigenvalue weighted by Crippen LogP contribution is -2.27. The summed E-state index contributed by atoms with van der Waals surface area (Å²) in [5, 5.41) is 0. The molecule has 6 nitrogen and oxygen atoms in total. The predicted molar refractivity (Wildman–Crippen MR) is 177 cm³/mol. The van der Waals surface area contributed by atoms with Crippen LogP contribution in [0.5, 0.6) is 0 Å². The number of unbranched alkanes of at least 4 members (excludes halogenated alkanes) is 24. The Morgan fingerprint density at radius 1 is 0.548 bits per heavy atom. The van der Waals surface area contributed by atoms with E-state index in [2.05, 4.69) is 18.0 Å². The molecule has 0 fully saturated rings. The van der Waals surface area contributed by atoms with Gasteiger partial charge in [0.05, 0.1) is 6.61 Å². The zero-order valence-corrected chi connectivity index (χ0v) is 28.9. The molecule has 0 aromatic heterocycles. The summed E-state index contributed by atoms with van der Waals surface area (Å²) in [7, 11) is -4.68. The highest BCUT2D eigenvalue weighted by molar-refractivity contribution is 7.80. The third kappa shape index (κ3) is 30.8. The van der Waals surface area contributed by atoms with Gasteiger partial charge in [-0.3, -0.25) is 4.55 Å². The molecule has 0 radical (unpaired) electrons. The second kappa shape index (κ2) is 30.4. The number of hydrogen-bond donors (Lipinski definition) is 1. The van der Waals surface area contributed by atoms with Crippen LogP contribution in [0.3, 0.4) is 0 Å². The summed E-state index contributed by atoms with van der Waals surface area (Å²) < 4.78 is 40.4. The topological polar surface area (TPSA) is 89.9 Å². The van der Waals surface area contributed by atoms with E-state index in [1.807, 2.05) is 0 Å². The maximum absolute atomic E-state index is 12.2.